The molecule has 2 N–H and O–H groups in total. The van der Waals surface area contributed by atoms with Crippen LogP contribution in [0.5, 0.6) is 0 Å². The molecule has 0 fully saturated rings. The van der Waals surface area contributed by atoms with Gasteiger partial charge in [0.15, 0.2) is 0 Å². The van der Waals surface area contributed by atoms with Crippen LogP contribution < -0.4 is 5.73 Å². The van der Waals surface area contributed by atoms with Crippen LogP contribution in [0.25, 0.3) is 0 Å². The largest absolute Gasteiger partial charge is 0.328 e. The van der Waals surface area contributed by atoms with E-state index in [1.54, 1.807) is 11.8 Å². The van der Waals surface area contributed by atoms with Crippen LogP contribution in [0.2, 0.25) is 0 Å². The minimum absolute atomic E-state index is 0.166. The summed E-state index contributed by atoms with van der Waals surface area (Å²) in [5.41, 5.74) is 7.22. The summed E-state index contributed by atoms with van der Waals surface area (Å²) in [6, 6.07) is 14.8. The highest BCUT2D eigenvalue weighted by Crippen LogP contribution is 2.36. The van der Waals surface area contributed by atoms with Gasteiger partial charge in [0.25, 0.3) is 0 Å². The highest BCUT2D eigenvalue weighted by Gasteiger charge is 2.09. The second-order valence-electron chi connectivity index (χ2n) is 4.47. The van der Waals surface area contributed by atoms with Crippen molar-refractivity contribution >= 4 is 43.6 Å². The number of hydrogen-bond acceptors (Lipinski definition) is 2. The topological polar surface area (TPSA) is 26.0 Å². The highest BCUT2D eigenvalue weighted by molar-refractivity contribution is 9.10. The van der Waals surface area contributed by atoms with Crippen molar-refractivity contribution in [2.75, 3.05) is 0 Å². The molecule has 0 aliphatic heterocycles. The Morgan fingerprint density at radius 2 is 1.84 bits per heavy atom. The van der Waals surface area contributed by atoms with E-state index < -0.39 is 0 Å². The molecular formula is C15H15Br2NS. The van der Waals surface area contributed by atoms with E-state index in [-0.39, 0.29) is 6.04 Å². The molecule has 1 nitrogen and oxygen atoms in total. The number of halogens is 2. The normalized spacial score (nSPS) is 12.4. The molecule has 100 valence electrons. The molecule has 0 amide bonds. The summed E-state index contributed by atoms with van der Waals surface area (Å²) in [7, 11) is 0. The smallest absolute Gasteiger partial charge is 0.0314 e. The molecule has 1 atom stereocenters. The lowest BCUT2D eigenvalue weighted by Gasteiger charge is -2.12. The lowest BCUT2D eigenvalue weighted by molar-refractivity contribution is 0.729. The molecule has 0 saturated heterocycles. The van der Waals surface area contributed by atoms with E-state index >= 15 is 0 Å². The Bertz CT molecular complexity index is 570. The minimum Gasteiger partial charge on any atom is -0.328 e. The first-order valence-corrected chi connectivity index (χ1v) is 8.43. The maximum absolute atomic E-state index is 5.92. The average molecular weight is 401 g/mol. The van der Waals surface area contributed by atoms with Crippen LogP contribution in [0.1, 0.15) is 12.5 Å². The van der Waals surface area contributed by atoms with Crippen molar-refractivity contribution in [3.63, 3.8) is 0 Å². The lowest BCUT2D eigenvalue weighted by atomic mass is 10.1. The van der Waals surface area contributed by atoms with Gasteiger partial charge in [-0.3, -0.25) is 0 Å². The minimum atomic E-state index is 0.166. The first kappa shape index (κ1) is 15.1. The zero-order chi connectivity index (χ0) is 13.8. The molecule has 0 aliphatic rings. The second-order valence-corrected chi connectivity index (χ2v) is 7.32. The fraction of sp³-hybridized carbons (Fsp3) is 0.200. The molecule has 0 heterocycles. The van der Waals surface area contributed by atoms with Gasteiger partial charge in [-0.25, -0.2) is 0 Å². The first-order chi connectivity index (χ1) is 9.06. The standard InChI is InChI=1S/C15H15Br2NS/c1-10(18)8-11-6-7-12(16)9-15(11)19-14-5-3-2-4-13(14)17/h2-7,9-10H,8,18H2,1H3. The third-order valence-electron chi connectivity index (χ3n) is 2.63. The molecule has 0 aromatic heterocycles. The molecule has 2 rings (SSSR count). The van der Waals surface area contributed by atoms with Gasteiger partial charge in [-0.15, -0.1) is 0 Å². The van der Waals surface area contributed by atoms with Crippen LogP contribution in [-0.4, -0.2) is 6.04 Å². The molecule has 0 aliphatic carbocycles. The van der Waals surface area contributed by atoms with Crippen molar-refractivity contribution in [2.45, 2.75) is 29.2 Å². The molecule has 2 aromatic carbocycles. The molecule has 2 aromatic rings. The summed E-state index contributed by atoms with van der Waals surface area (Å²) in [5.74, 6) is 0. The average Bonchev–Trinajstić information content (AvgIpc) is 2.35. The Hall–Kier alpha value is -0.290. The SMILES string of the molecule is CC(N)Cc1ccc(Br)cc1Sc1ccccc1Br. The van der Waals surface area contributed by atoms with Gasteiger partial charge in [0, 0.05) is 24.8 Å². The maximum Gasteiger partial charge on any atom is 0.0314 e. The monoisotopic (exact) mass is 399 g/mol. The summed E-state index contributed by atoms with van der Waals surface area (Å²) in [6.45, 7) is 2.04. The van der Waals surface area contributed by atoms with Crippen LogP contribution in [0.3, 0.4) is 0 Å². The summed E-state index contributed by atoms with van der Waals surface area (Å²) >= 11 is 8.89. The molecule has 0 spiro atoms. The Morgan fingerprint density at radius 3 is 2.53 bits per heavy atom. The second kappa shape index (κ2) is 6.93. The molecule has 0 saturated carbocycles. The number of hydrogen-bond donors (Lipinski definition) is 1. The van der Waals surface area contributed by atoms with E-state index in [0.717, 1.165) is 15.4 Å². The Balaban J connectivity index is 2.33. The van der Waals surface area contributed by atoms with Crippen molar-refractivity contribution in [1.82, 2.24) is 0 Å². The fourth-order valence-electron chi connectivity index (χ4n) is 1.78. The molecule has 0 bridgehead atoms. The third-order valence-corrected chi connectivity index (χ3v) is 5.25. The van der Waals surface area contributed by atoms with E-state index in [2.05, 4.69) is 68.3 Å². The van der Waals surface area contributed by atoms with Crippen molar-refractivity contribution < 1.29 is 0 Å². The molecule has 1 unspecified atom stereocenters. The number of nitrogens with two attached hydrogens (primary N) is 1. The summed E-state index contributed by atoms with van der Waals surface area (Å²) in [6.07, 6.45) is 0.889. The zero-order valence-corrected chi connectivity index (χ0v) is 14.6. The fourth-order valence-corrected chi connectivity index (χ4v) is 3.84. The quantitative estimate of drug-likeness (QED) is 0.757. The number of benzene rings is 2. The maximum atomic E-state index is 5.92. The highest BCUT2D eigenvalue weighted by atomic mass is 79.9. The van der Waals surface area contributed by atoms with E-state index in [9.17, 15) is 0 Å². The Kier molecular flexibility index (Phi) is 5.51. The van der Waals surface area contributed by atoms with Crippen LogP contribution in [-0.2, 0) is 6.42 Å². The van der Waals surface area contributed by atoms with Crippen molar-refractivity contribution in [1.29, 1.82) is 0 Å². The molecular weight excluding hydrogens is 386 g/mol. The van der Waals surface area contributed by atoms with Gasteiger partial charge in [0.1, 0.15) is 0 Å². The van der Waals surface area contributed by atoms with Gasteiger partial charge < -0.3 is 5.73 Å². The van der Waals surface area contributed by atoms with Gasteiger partial charge in [-0.2, -0.15) is 0 Å². The van der Waals surface area contributed by atoms with Crippen molar-refractivity contribution in [2.24, 2.45) is 5.73 Å². The molecule has 4 heteroatoms. The van der Waals surface area contributed by atoms with Gasteiger partial charge in [0.05, 0.1) is 0 Å². The predicted octanol–water partition coefficient (Wildman–Crippen LogP) is 5.25. The number of rotatable bonds is 4. The molecule has 19 heavy (non-hydrogen) atoms. The lowest BCUT2D eigenvalue weighted by Crippen LogP contribution is -2.18. The summed E-state index contributed by atoms with van der Waals surface area (Å²) in [4.78, 5) is 2.46. The van der Waals surface area contributed by atoms with Crippen molar-refractivity contribution in [3.05, 3.63) is 57.0 Å². The molecule has 0 radical (unpaired) electrons. The van der Waals surface area contributed by atoms with E-state index in [4.69, 9.17) is 5.73 Å². The zero-order valence-electron chi connectivity index (χ0n) is 10.6. The van der Waals surface area contributed by atoms with Gasteiger partial charge in [-0.1, -0.05) is 45.9 Å². The summed E-state index contributed by atoms with van der Waals surface area (Å²) in [5, 5.41) is 0. The Labute approximate surface area is 135 Å². The van der Waals surface area contributed by atoms with Crippen LogP contribution in [0.15, 0.2) is 61.2 Å². The third kappa shape index (κ3) is 4.35. The van der Waals surface area contributed by atoms with E-state index in [1.807, 2.05) is 13.0 Å². The van der Waals surface area contributed by atoms with Gasteiger partial charge >= 0.3 is 0 Å². The van der Waals surface area contributed by atoms with Crippen LogP contribution >= 0.6 is 43.6 Å². The van der Waals surface area contributed by atoms with Crippen LogP contribution in [0.4, 0.5) is 0 Å². The first-order valence-electron chi connectivity index (χ1n) is 6.02. The van der Waals surface area contributed by atoms with E-state index in [1.165, 1.54) is 15.4 Å². The van der Waals surface area contributed by atoms with E-state index in [0.29, 0.717) is 0 Å². The van der Waals surface area contributed by atoms with Crippen LogP contribution in [0, 0.1) is 0 Å². The van der Waals surface area contributed by atoms with Gasteiger partial charge in [0.2, 0.25) is 0 Å². The Morgan fingerprint density at radius 1 is 1.11 bits per heavy atom. The predicted molar refractivity (Wildman–Crippen MR) is 89.8 cm³/mol. The summed E-state index contributed by atoms with van der Waals surface area (Å²) < 4.78 is 2.21. The van der Waals surface area contributed by atoms with Crippen molar-refractivity contribution in [3.8, 4) is 0 Å². The van der Waals surface area contributed by atoms with Gasteiger partial charge in [-0.05, 0) is 59.1 Å².